The molecule has 18 heavy (non-hydrogen) atoms. The van der Waals surface area contributed by atoms with Crippen LogP contribution in [0.3, 0.4) is 0 Å². The van der Waals surface area contributed by atoms with Crippen molar-refractivity contribution in [1.82, 2.24) is 5.32 Å². The predicted octanol–water partition coefficient (Wildman–Crippen LogP) is 0.337. The minimum absolute atomic E-state index is 0.426. The number of amides is 1. The molecular weight excluding hydrogens is 242 g/mol. The summed E-state index contributed by atoms with van der Waals surface area (Å²) < 4.78 is 4.92. The highest BCUT2D eigenvalue weighted by Gasteiger charge is 2.21. The number of hydrogen-bond donors (Lipinski definition) is 3. The van der Waals surface area contributed by atoms with Crippen molar-refractivity contribution in [2.24, 2.45) is 0 Å². The smallest absolute Gasteiger partial charge is 0.326 e. The third kappa shape index (κ3) is 4.52. The average molecular weight is 253 g/mol. The van der Waals surface area contributed by atoms with Crippen LogP contribution in [0.5, 0.6) is 0 Å². The predicted molar refractivity (Wildman–Crippen MR) is 59.6 cm³/mol. The molecule has 1 rings (SSSR count). The van der Waals surface area contributed by atoms with Gasteiger partial charge in [0.05, 0.1) is 12.7 Å². The third-order valence-electron chi connectivity index (χ3n) is 1.94. The van der Waals surface area contributed by atoms with Gasteiger partial charge in [-0.3, -0.25) is 9.59 Å². The summed E-state index contributed by atoms with van der Waals surface area (Å²) in [7, 11) is 0. The zero-order valence-electron chi connectivity index (χ0n) is 9.20. The van der Waals surface area contributed by atoms with Gasteiger partial charge in [-0.25, -0.2) is 4.79 Å². The Kier molecular flexibility index (Phi) is 4.67. The fraction of sp³-hybridized carbons (Fsp3) is 0.182. The topological polar surface area (TPSA) is 117 Å². The lowest BCUT2D eigenvalue weighted by molar-refractivity contribution is -0.146. The van der Waals surface area contributed by atoms with Crippen molar-refractivity contribution in [2.75, 3.05) is 0 Å². The molecule has 0 saturated carbocycles. The SMILES string of the molecule is O=C(O)C[C@@H](NC(=O)/C=C/c1ccco1)C(=O)O. The number of carboxylic acids is 2. The Morgan fingerprint density at radius 1 is 1.39 bits per heavy atom. The van der Waals surface area contributed by atoms with Gasteiger partial charge in [0.15, 0.2) is 0 Å². The van der Waals surface area contributed by atoms with Gasteiger partial charge >= 0.3 is 11.9 Å². The highest BCUT2D eigenvalue weighted by atomic mass is 16.4. The molecule has 1 atom stereocenters. The minimum Gasteiger partial charge on any atom is -0.481 e. The van der Waals surface area contributed by atoms with Crippen LogP contribution in [0, 0.1) is 0 Å². The number of furan rings is 1. The summed E-state index contributed by atoms with van der Waals surface area (Å²) in [6, 6.07) is 1.77. The Labute approximate surface area is 102 Å². The van der Waals surface area contributed by atoms with Gasteiger partial charge in [-0.1, -0.05) is 0 Å². The van der Waals surface area contributed by atoms with E-state index in [1.807, 2.05) is 0 Å². The van der Waals surface area contributed by atoms with E-state index in [0.29, 0.717) is 5.76 Å². The maximum Gasteiger partial charge on any atom is 0.326 e. The Bertz CT molecular complexity index is 462. The van der Waals surface area contributed by atoms with Crippen molar-refractivity contribution in [2.45, 2.75) is 12.5 Å². The van der Waals surface area contributed by atoms with E-state index in [1.165, 1.54) is 12.3 Å². The summed E-state index contributed by atoms with van der Waals surface area (Å²) in [6.45, 7) is 0. The lowest BCUT2D eigenvalue weighted by Crippen LogP contribution is -2.41. The van der Waals surface area contributed by atoms with E-state index in [-0.39, 0.29) is 0 Å². The molecule has 0 aliphatic rings. The standard InChI is InChI=1S/C11H11NO6/c13-9(4-3-7-2-1-5-18-7)12-8(11(16)17)6-10(14)15/h1-5,8H,6H2,(H,12,13)(H,14,15)(H,16,17)/b4-3+/t8-/m1/s1. The zero-order valence-corrected chi connectivity index (χ0v) is 9.20. The average Bonchev–Trinajstić information content (AvgIpc) is 2.77. The fourth-order valence-electron chi connectivity index (χ4n) is 1.14. The minimum atomic E-state index is -1.46. The van der Waals surface area contributed by atoms with Gasteiger partial charge in [-0.05, 0) is 18.2 Å². The molecule has 1 amide bonds. The van der Waals surface area contributed by atoms with Crippen LogP contribution in [0.25, 0.3) is 6.08 Å². The van der Waals surface area contributed by atoms with Crippen LogP contribution in [0.1, 0.15) is 12.2 Å². The fourth-order valence-corrected chi connectivity index (χ4v) is 1.14. The molecule has 3 N–H and O–H groups in total. The molecule has 1 heterocycles. The first-order valence-corrected chi connectivity index (χ1v) is 4.95. The molecule has 0 aromatic carbocycles. The van der Waals surface area contributed by atoms with Gasteiger partial charge in [-0.15, -0.1) is 0 Å². The molecule has 1 aromatic heterocycles. The van der Waals surface area contributed by atoms with Crippen LogP contribution in [-0.4, -0.2) is 34.1 Å². The van der Waals surface area contributed by atoms with Crippen molar-refractivity contribution in [3.05, 3.63) is 30.2 Å². The number of carbonyl (C=O) groups is 3. The van der Waals surface area contributed by atoms with Crippen LogP contribution >= 0.6 is 0 Å². The zero-order chi connectivity index (χ0) is 13.5. The first-order chi connectivity index (χ1) is 8.49. The van der Waals surface area contributed by atoms with Crippen molar-refractivity contribution in [1.29, 1.82) is 0 Å². The third-order valence-corrected chi connectivity index (χ3v) is 1.94. The molecular formula is C11H11NO6. The van der Waals surface area contributed by atoms with Crippen molar-refractivity contribution >= 4 is 23.9 Å². The number of rotatable bonds is 6. The second kappa shape index (κ2) is 6.24. The van der Waals surface area contributed by atoms with Gasteiger partial charge in [0.1, 0.15) is 11.8 Å². The Morgan fingerprint density at radius 3 is 2.61 bits per heavy atom. The summed E-state index contributed by atoms with van der Waals surface area (Å²) in [5.74, 6) is -3.00. The summed E-state index contributed by atoms with van der Waals surface area (Å²) >= 11 is 0. The molecule has 0 aliphatic heterocycles. The molecule has 7 nitrogen and oxygen atoms in total. The Balaban J connectivity index is 2.56. The van der Waals surface area contributed by atoms with Crippen molar-refractivity contribution in [3.8, 4) is 0 Å². The summed E-state index contributed by atoms with van der Waals surface area (Å²) in [6.07, 6.45) is 3.14. The summed E-state index contributed by atoms with van der Waals surface area (Å²) in [5.41, 5.74) is 0. The number of aliphatic carboxylic acids is 2. The van der Waals surface area contributed by atoms with Crippen molar-refractivity contribution < 1.29 is 29.0 Å². The quantitative estimate of drug-likeness (QED) is 0.629. The van der Waals surface area contributed by atoms with Crippen LogP contribution in [0.2, 0.25) is 0 Å². The first kappa shape index (κ1) is 13.5. The summed E-state index contributed by atoms with van der Waals surface area (Å²) in [5, 5.41) is 19.2. The largest absolute Gasteiger partial charge is 0.481 e. The van der Waals surface area contributed by atoms with E-state index in [2.05, 4.69) is 5.32 Å². The maximum absolute atomic E-state index is 11.3. The Hall–Kier alpha value is -2.57. The van der Waals surface area contributed by atoms with E-state index in [4.69, 9.17) is 14.6 Å². The molecule has 0 radical (unpaired) electrons. The van der Waals surface area contributed by atoms with E-state index in [1.54, 1.807) is 12.1 Å². The second-order valence-corrected chi connectivity index (χ2v) is 3.35. The molecule has 7 heteroatoms. The van der Waals surface area contributed by atoms with E-state index < -0.39 is 30.3 Å². The number of nitrogens with one attached hydrogen (secondary N) is 1. The molecule has 0 spiro atoms. The summed E-state index contributed by atoms with van der Waals surface area (Å²) in [4.78, 5) is 32.4. The highest BCUT2D eigenvalue weighted by molar-refractivity contribution is 5.95. The van der Waals surface area contributed by atoms with Gasteiger partial charge < -0.3 is 19.9 Å². The number of hydrogen-bond acceptors (Lipinski definition) is 4. The van der Waals surface area contributed by atoms with Gasteiger partial charge in [0, 0.05) is 6.08 Å². The molecule has 0 bridgehead atoms. The van der Waals surface area contributed by atoms with E-state index >= 15 is 0 Å². The van der Waals surface area contributed by atoms with Gasteiger partial charge in [0.25, 0.3) is 0 Å². The lowest BCUT2D eigenvalue weighted by atomic mass is 10.2. The normalized spacial score (nSPS) is 12.2. The highest BCUT2D eigenvalue weighted by Crippen LogP contribution is 2.02. The first-order valence-electron chi connectivity index (χ1n) is 4.95. The molecule has 0 unspecified atom stereocenters. The molecule has 0 aliphatic carbocycles. The van der Waals surface area contributed by atoms with Crippen LogP contribution in [-0.2, 0) is 14.4 Å². The lowest BCUT2D eigenvalue weighted by Gasteiger charge is -2.10. The monoisotopic (exact) mass is 253 g/mol. The second-order valence-electron chi connectivity index (χ2n) is 3.35. The van der Waals surface area contributed by atoms with Crippen LogP contribution in [0.15, 0.2) is 28.9 Å². The van der Waals surface area contributed by atoms with E-state index in [9.17, 15) is 14.4 Å². The molecule has 96 valence electrons. The van der Waals surface area contributed by atoms with Gasteiger partial charge in [0.2, 0.25) is 5.91 Å². The maximum atomic E-state index is 11.3. The molecule has 1 aromatic rings. The van der Waals surface area contributed by atoms with Crippen LogP contribution in [0.4, 0.5) is 0 Å². The molecule has 0 fully saturated rings. The number of carbonyl (C=O) groups excluding carboxylic acids is 1. The number of carboxylic acid groups (broad SMARTS) is 2. The van der Waals surface area contributed by atoms with Gasteiger partial charge in [-0.2, -0.15) is 0 Å². The molecule has 0 saturated heterocycles. The van der Waals surface area contributed by atoms with E-state index in [0.717, 1.165) is 6.08 Å². The van der Waals surface area contributed by atoms with Crippen molar-refractivity contribution in [3.63, 3.8) is 0 Å². The van der Waals surface area contributed by atoms with Crippen LogP contribution < -0.4 is 5.32 Å². The Morgan fingerprint density at radius 2 is 2.11 bits per heavy atom.